The van der Waals surface area contributed by atoms with Crippen LogP contribution in [0.3, 0.4) is 0 Å². The number of nitrogens with two attached hydrogens (primary N) is 1. The Bertz CT molecular complexity index is 1020. The number of rotatable bonds is 7. The van der Waals surface area contributed by atoms with E-state index in [1.165, 1.54) is 23.5 Å². The fourth-order valence-electron chi connectivity index (χ4n) is 2.43. The summed E-state index contributed by atoms with van der Waals surface area (Å²) in [6.45, 7) is 0.452. The van der Waals surface area contributed by atoms with Gasteiger partial charge in [-0.3, -0.25) is 9.78 Å². The molecule has 2 aromatic heterocycles. The van der Waals surface area contributed by atoms with E-state index in [9.17, 15) is 13.2 Å². The summed E-state index contributed by atoms with van der Waals surface area (Å²) in [5, 5.41) is 10.6. The molecule has 0 atom stereocenters. The lowest BCUT2D eigenvalue weighted by Crippen LogP contribution is -2.27. The minimum absolute atomic E-state index is 0.0724. The maximum Gasteiger partial charge on any atom is 0.238 e. The van der Waals surface area contributed by atoms with Gasteiger partial charge in [-0.25, -0.2) is 18.5 Å². The van der Waals surface area contributed by atoms with E-state index in [2.05, 4.69) is 15.3 Å². The molecule has 3 rings (SSSR count). The summed E-state index contributed by atoms with van der Waals surface area (Å²) in [6, 6.07) is 10.1. The number of hydrogen-bond acceptors (Lipinski definition) is 6. The first-order valence-electron chi connectivity index (χ1n) is 8.15. The minimum atomic E-state index is -3.69. The van der Waals surface area contributed by atoms with Crippen molar-refractivity contribution in [3.8, 4) is 10.6 Å². The fraction of sp³-hybridized carbons (Fsp3) is 0.167. The van der Waals surface area contributed by atoms with Crippen molar-refractivity contribution in [3.05, 3.63) is 65.4 Å². The second-order valence-corrected chi connectivity index (χ2v) is 8.27. The van der Waals surface area contributed by atoms with Crippen molar-refractivity contribution in [2.75, 3.05) is 6.54 Å². The third kappa shape index (κ3) is 5.43. The quantitative estimate of drug-likeness (QED) is 0.625. The number of pyridine rings is 1. The number of nitrogens with zero attached hydrogens (tertiary/aromatic N) is 2. The van der Waals surface area contributed by atoms with Crippen molar-refractivity contribution >= 4 is 27.3 Å². The van der Waals surface area contributed by atoms with Crippen LogP contribution in [0.4, 0.5) is 0 Å². The van der Waals surface area contributed by atoms with Crippen LogP contribution in [0.15, 0.2) is 59.1 Å². The Kier molecular flexibility index (Phi) is 5.94. The maximum atomic E-state index is 12.1. The Labute approximate surface area is 161 Å². The second-order valence-electron chi connectivity index (χ2n) is 5.85. The van der Waals surface area contributed by atoms with Gasteiger partial charge in [-0.2, -0.15) is 0 Å². The van der Waals surface area contributed by atoms with Gasteiger partial charge in [0.05, 0.1) is 17.0 Å². The second kappa shape index (κ2) is 8.38. The molecule has 7 nitrogen and oxygen atoms in total. The lowest BCUT2D eigenvalue weighted by molar-refractivity contribution is -0.120. The van der Waals surface area contributed by atoms with E-state index in [1.807, 2.05) is 17.5 Å². The van der Waals surface area contributed by atoms with E-state index in [1.54, 1.807) is 24.5 Å². The number of carbonyl (C=O) groups excluding carboxylic acids is 1. The molecule has 0 aliphatic carbocycles. The normalized spacial score (nSPS) is 11.3. The van der Waals surface area contributed by atoms with Gasteiger partial charge < -0.3 is 5.32 Å². The predicted octanol–water partition coefficient (Wildman–Crippen LogP) is 1.75. The Morgan fingerprint density at radius 1 is 1.19 bits per heavy atom. The van der Waals surface area contributed by atoms with Crippen LogP contribution in [0.1, 0.15) is 11.3 Å². The molecule has 3 aromatic rings. The number of carbonyl (C=O) groups is 1. The molecule has 0 aliphatic rings. The van der Waals surface area contributed by atoms with Gasteiger partial charge in [-0.05, 0) is 36.2 Å². The van der Waals surface area contributed by atoms with Gasteiger partial charge in [-0.15, -0.1) is 11.3 Å². The van der Waals surface area contributed by atoms with Crippen LogP contribution in [0.2, 0.25) is 0 Å². The molecule has 27 heavy (non-hydrogen) atoms. The molecule has 0 bridgehead atoms. The van der Waals surface area contributed by atoms with Gasteiger partial charge in [0.15, 0.2) is 0 Å². The maximum absolute atomic E-state index is 12.1. The smallest absolute Gasteiger partial charge is 0.238 e. The molecule has 1 amide bonds. The molecular weight excluding hydrogens is 384 g/mol. The highest BCUT2D eigenvalue weighted by Gasteiger charge is 2.10. The summed E-state index contributed by atoms with van der Waals surface area (Å²) in [5.41, 5.74) is 2.56. The van der Waals surface area contributed by atoms with Gasteiger partial charge in [0.2, 0.25) is 15.9 Å². The highest BCUT2D eigenvalue weighted by Crippen LogP contribution is 2.22. The van der Waals surface area contributed by atoms with E-state index in [-0.39, 0.29) is 17.2 Å². The number of primary sulfonamides is 1. The molecule has 0 spiro atoms. The molecule has 140 valence electrons. The third-order valence-electron chi connectivity index (χ3n) is 3.79. The van der Waals surface area contributed by atoms with E-state index in [0.29, 0.717) is 18.7 Å². The number of aromatic nitrogens is 2. The Morgan fingerprint density at radius 2 is 1.96 bits per heavy atom. The zero-order valence-electron chi connectivity index (χ0n) is 14.3. The molecule has 2 heterocycles. The van der Waals surface area contributed by atoms with Gasteiger partial charge >= 0.3 is 0 Å². The molecule has 3 N–H and O–H groups in total. The topological polar surface area (TPSA) is 115 Å². The fourth-order valence-corrected chi connectivity index (χ4v) is 3.76. The number of hydrogen-bond donors (Lipinski definition) is 2. The van der Waals surface area contributed by atoms with Crippen molar-refractivity contribution < 1.29 is 13.2 Å². The molecule has 0 saturated carbocycles. The minimum Gasteiger partial charge on any atom is -0.355 e. The summed E-state index contributed by atoms with van der Waals surface area (Å²) < 4.78 is 22.5. The molecule has 9 heteroatoms. The molecule has 0 saturated heterocycles. The summed E-state index contributed by atoms with van der Waals surface area (Å²) >= 11 is 1.48. The molecule has 0 fully saturated rings. The van der Waals surface area contributed by atoms with Crippen LogP contribution in [0, 0.1) is 0 Å². The summed E-state index contributed by atoms with van der Waals surface area (Å²) in [4.78, 5) is 20.7. The summed E-state index contributed by atoms with van der Waals surface area (Å²) in [6.07, 6.45) is 4.24. The van der Waals surface area contributed by atoms with Gasteiger partial charge in [0.1, 0.15) is 5.01 Å². The van der Waals surface area contributed by atoms with Gasteiger partial charge in [0, 0.05) is 29.9 Å². The number of benzene rings is 1. The van der Waals surface area contributed by atoms with Crippen molar-refractivity contribution in [1.29, 1.82) is 0 Å². The number of sulfonamides is 1. The zero-order chi connectivity index (χ0) is 19.3. The molecular formula is C18H18N4O3S2. The van der Waals surface area contributed by atoms with Crippen molar-refractivity contribution in [3.63, 3.8) is 0 Å². The molecule has 1 aromatic carbocycles. The van der Waals surface area contributed by atoms with Crippen LogP contribution in [-0.4, -0.2) is 30.8 Å². The molecule has 0 radical (unpaired) electrons. The van der Waals surface area contributed by atoms with E-state index in [0.717, 1.165) is 16.1 Å². The Balaban J connectivity index is 1.48. The van der Waals surface area contributed by atoms with E-state index < -0.39 is 10.0 Å². The summed E-state index contributed by atoms with van der Waals surface area (Å²) in [5.74, 6) is -0.112. The standard InChI is InChI=1S/C18H18N4O3S2/c19-27(24,25)16-5-3-13(4-6-16)7-9-21-17(23)10-15-12-26-18(22-15)14-2-1-8-20-11-14/h1-6,8,11-12H,7,9-10H2,(H,21,23)(H2,19,24,25). The number of nitrogens with one attached hydrogen (secondary N) is 1. The molecule has 0 aliphatic heterocycles. The monoisotopic (exact) mass is 402 g/mol. The average molecular weight is 403 g/mol. The van der Waals surface area contributed by atoms with E-state index in [4.69, 9.17) is 5.14 Å². The van der Waals surface area contributed by atoms with Crippen LogP contribution in [-0.2, 0) is 27.7 Å². The van der Waals surface area contributed by atoms with Gasteiger partial charge in [-0.1, -0.05) is 12.1 Å². The first kappa shape index (κ1) is 19.2. The lowest BCUT2D eigenvalue weighted by Gasteiger charge is -2.05. The Morgan fingerprint density at radius 3 is 2.63 bits per heavy atom. The lowest BCUT2D eigenvalue weighted by atomic mass is 10.1. The number of thiazole rings is 1. The van der Waals surface area contributed by atoms with Crippen LogP contribution in [0.5, 0.6) is 0 Å². The first-order valence-corrected chi connectivity index (χ1v) is 10.6. The number of amides is 1. The van der Waals surface area contributed by atoms with Crippen LogP contribution < -0.4 is 10.5 Å². The third-order valence-corrected chi connectivity index (χ3v) is 5.66. The zero-order valence-corrected chi connectivity index (χ0v) is 16.0. The average Bonchev–Trinajstić information content (AvgIpc) is 3.10. The van der Waals surface area contributed by atoms with E-state index >= 15 is 0 Å². The van der Waals surface area contributed by atoms with Crippen molar-refractivity contribution in [1.82, 2.24) is 15.3 Å². The highest BCUT2D eigenvalue weighted by molar-refractivity contribution is 7.89. The SMILES string of the molecule is NS(=O)(=O)c1ccc(CCNC(=O)Cc2csc(-c3cccnc3)n2)cc1. The van der Waals surface area contributed by atoms with Crippen LogP contribution in [0.25, 0.3) is 10.6 Å². The highest BCUT2D eigenvalue weighted by atomic mass is 32.2. The largest absolute Gasteiger partial charge is 0.355 e. The summed E-state index contributed by atoms with van der Waals surface area (Å²) in [7, 11) is -3.69. The predicted molar refractivity (Wildman–Crippen MR) is 104 cm³/mol. The first-order chi connectivity index (χ1) is 12.9. The van der Waals surface area contributed by atoms with Crippen LogP contribution >= 0.6 is 11.3 Å². The van der Waals surface area contributed by atoms with Gasteiger partial charge in [0.25, 0.3) is 0 Å². The van der Waals surface area contributed by atoms with Crippen molar-refractivity contribution in [2.24, 2.45) is 5.14 Å². The molecule has 0 unspecified atom stereocenters. The van der Waals surface area contributed by atoms with Crippen molar-refractivity contribution in [2.45, 2.75) is 17.7 Å². The Hall–Kier alpha value is -2.62.